The summed E-state index contributed by atoms with van der Waals surface area (Å²) in [6.45, 7) is 5.62. The maximum absolute atomic E-state index is 13.2. The zero-order valence-corrected chi connectivity index (χ0v) is 24.5. The van der Waals surface area contributed by atoms with Crippen molar-refractivity contribution in [2.75, 3.05) is 33.3 Å². The highest BCUT2D eigenvalue weighted by atomic mass is 35.5. The number of rotatable bonds is 3. The van der Waals surface area contributed by atoms with Gasteiger partial charge in [0.2, 0.25) is 0 Å². The summed E-state index contributed by atoms with van der Waals surface area (Å²) in [6, 6.07) is 3.55. The predicted octanol–water partition coefficient (Wildman–Crippen LogP) is 4.07. The van der Waals surface area contributed by atoms with Crippen molar-refractivity contribution in [3.05, 3.63) is 58.7 Å². The normalized spacial score (nSPS) is 37.4. The molecule has 2 N–H and O–H groups in total. The highest BCUT2D eigenvalue weighted by Gasteiger charge is 2.58. The van der Waals surface area contributed by atoms with Gasteiger partial charge < -0.3 is 33.7 Å². The second kappa shape index (κ2) is 11.5. The minimum Gasteiger partial charge on any atom is -0.495 e. The summed E-state index contributed by atoms with van der Waals surface area (Å²) in [6.07, 6.45) is 5.27. The maximum atomic E-state index is 13.2. The monoisotopic (exact) mass is 576 g/mol. The van der Waals surface area contributed by atoms with Gasteiger partial charge in [-0.2, -0.15) is 0 Å². The summed E-state index contributed by atoms with van der Waals surface area (Å²) in [5, 5.41) is 14.3. The Balaban J connectivity index is 1.81. The molecule has 11 heteroatoms. The number of hydrogen-bond acceptors (Lipinski definition) is 8. The summed E-state index contributed by atoms with van der Waals surface area (Å²) in [4.78, 5) is 27.2. The molecule has 4 bridgehead atoms. The Morgan fingerprint density at radius 1 is 1.20 bits per heavy atom. The first kappa shape index (κ1) is 30.1. The Morgan fingerprint density at radius 2 is 1.93 bits per heavy atom. The Hall–Kier alpha value is -2.89. The van der Waals surface area contributed by atoms with Crippen LogP contribution in [0.25, 0.3) is 0 Å². The van der Waals surface area contributed by atoms with E-state index in [1.54, 1.807) is 44.5 Å². The number of allylic oxidation sites excluding steroid dienone is 2. The van der Waals surface area contributed by atoms with Crippen molar-refractivity contribution in [2.45, 2.75) is 62.9 Å². The van der Waals surface area contributed by atoms with Crippen LogP contribution in [-0.4, -0.2) is 75.1 Å². The Bertz CT molecular complexity index is 1250. The first-order valence-corrected chi connectivity index (χ1v) is 13.4. The first-order chi connectivity index (χ1) is 18.9. The number of hydrogen-bond donors (Lipinski definition) is 2. The Kier molecular flexibility index (Phi) is 8.68. The van der Waals surface area contributed by atoms with E-state index in [0.29, 0.717) is 11.4 Å². The Morgan fingerprint density at radius 3 is 2.58 bits per heavy atom. The van der Waals surface area contributed by atoms with Crippen LogP contribution in [0, 0.1) is 5.92 Å². The van der Waals surface area contributed by atoms with Crippen molar-refractivity contribution in [1.29, 1.82) is 0 Å². The zero-order chi connectivity index (χ0) is 29.4. The summed E-state index contributed by atoms with van der Waals surface area (Å²) >= 11 is 6.63. The molecule has 1 aromatic rings. The number of likely N-dealkylation sites (N-methyl/N-ethyl adjacent to an activating group) is 1. The molecule has 40 heavy (non-hydrogen) atoms. The number of carbonyl (C=O) groups is 2. The first-order valence-electron chi connectivity index (χ1n) is 13.0. The average molecular weight is 577 g/mol. The fourth-order valence-electron chi connectivity index (χ4n) is 5.45. The Labute approximate surface area is 239 Å². The van der Waals surface area contributed by atoms with Crippen LogP contribution in [0.5, 0.6) is 5.75 Å². The molecule has 10 nitrogen and oxygen atoms in total. The molecule has 2 saturated heterocycles. The van der Waals surface area contributed by atoms with E-state index >= 15 is 0 Å². The van der Waals surface area contributed by atoms with Crippen molar-refractivity contribution in [3.8, 4) is 5.75 Å². The SMILES string of the molecule is COc1cc2cc(c1Cl)N(C)C(=O)/C=C/C1(C)OC1C(C)C1CC(O)(NC(=O)O1)C(OC)/C=C/C=C(\C)C2OC. The van der Waals surface area contributed by atoms with Crippen LogP contribution in [-0.2, 0) is 23.7 Å². The van der Waals surface area contributed by atoms with Crippen LogP contribution in [0.2, 0.25) is 5.02 Å². The molecule has 218 valence electrons. The number of benzene rings is 1. The van der Waals surface area contributed by atoms with Crippen molar-refractivity contribution < 1.29 is 38.4 Å². The number of amides is 2. The zero-order valence-electron chi connectivity index (χ0n) is 23.8. The topological polar surface area (TPSA) is 119 Å². The number of anilines is 1. The van der Waals surface area contributed by atoms with E-state index in [9.17, 15) is 14.7 Å². The van der Waals surface area contributed by atoms with E-state index in [4.69, 9.17) is 35.3 Å². The fourth-order valence-corrected chi connectivity index (χ4v) is 5.76. The minimum atomic E-state index is -1.72. The number of nitrogens with one attached hydrogen (secondary N) is 1. The van der Waals surface area contributed by atoms with Crippen molar-refractivity contribution >= 4 is 29.3 Å². The number of aliphatic hydroxyl groups is 1. The lowest BCUT2D eigenvalue weighted by Crippen LogP contribution is -2.63. The maximum Gasteiger partial charge on any atom is 0.409 e. The number of alkyl carbamates (subject to hydrolysis) is 1. The molecule has 3 heterocycles. The van der Waals surface area contributed by atoms with E-state index in [0.717, 1.165) is 11.1 Å². The molecular formula is C29H37ClN2O8. The number of halogens is 1. The van der Waals surface area contributed by atoms with Crippen LogP contribution in [0.3, 0.4) is 0 Å². The molecule has 3 aliphatic heterocycles. The molecule has 4 rings (SSSR count). The van der Waals surface area contributed by atoms with Gasteiger partial charge in [-0.3, -0.25) is 10.1 Å². The molecule has 7 unspecified atom stereocenters. The second-order valence-electron chi connectivity index (χ2n) is 10.6. The molecule has 3 aliphatic rings. The molecule has 2 amide bonds. The smallest absolute Gasteiger partial charge is 0.409 e. The largest absolute Gasteiger partial charge is 0.495 e. The van der Waals surface area contributed by atoms with E-state index < -0.39 is 35.7 Å². The fraction of sp³-hybridized carbons (Fsp3) is 0.517. The molecule has 0 aliphatic carbocycles. The lowest BCUT2D eigenvalue weighted by molar-refractivity contribution is -0.142. The van der Waals surface area contributed by atoms with Crippen LogP contribution >= 0.6 is 11.6 Å². The van der Waals surface area contributed by atoms with Gasteiger partial charge in [-0.25, -0.2) is 4.79 Å². The van der Waals surface area contributed by atoms with Gasteiger partial charge in [0.05, 0.1) is 18.9 Å². The van der Waals surface area contributed by atoms with Gasteiger partial charge in [0.1, 0.15) is 34.7 Å². The highest BCUT2D eigenvalue weighted by molar-refractivity contribution is 6.35. The van der Waals surface area contributed by atoms with Gasteiger partial charge in [-0.05, 0) is 43.2 Å². The van der Waals surface area contributed by atoms with E-state index in [-0.39, 0.29) is 29.4 Å². The molecule has 0 radical (unpaired) electrons. The number of methoxy groups -OCH3 is 3. The van der Waals surface area contributed by atoms with Crippen molar-refractivity contribution in [3.63, 3.8) is 0 Å². The van der Waals surface area contributed by atoms with E-state index in [1.165, 1.54) is 25.2 Å². The van der Waals surface area contributed by atoms with Crippen LogP contribution in [0.15, 0.2) is 48.1 Å². The molecular weight excluding hydrogens is 540 g/mol. The van der Waals surface area contributed by atoms with Gasteiger partial charge in [0.25, 0.3) is 5.91 Å². The molecule has 1 aromatic carbocycles. The van der Waals surface area contributed by atoms with Gasteiger partial charge in [-0.15, -0.1) is 0 Å². The number of carbonyl (C=O) groups excluding carboxylic acids is 2. The minimum absolute atomic E-state index is 0.0671. The van der Waals surface area contributed by atoms with Crippen LogP contribution in [0.4, 0.5) is 10.5 Å². The molecule has 0 saturated carbocycles. The van der Waals surface area contributed by atoms with E-state index in [2.05, 4.69) is 5.32 Å². The second-order valence-corrected chi connectivity index (χ2v) is 11.0. The van der Waals surface area contributed by atoms with E-state index in [1.807, 2.05) is 26.8 Å². The number of nitrogens with zero attached hydrogens (tertiary/aromatic N) is 1. The molecule has 0 spiro atoms. The van der Waals surface area contributed by atoms with Crippen LogP contribution in [0.1, 0.15) is 38.9 Å². The highest BCUT2D eigenvalue weighted by Crippen LogP contribution is 2.46. The van der Waals surface area contributed by atoms with Gasteiger partial charge >= 0.3 is 6.09 Å². The third kappa shape index (κ3) is 5.77. The van der Waals surface area contributed by atoms with Gasteiger partial charge in [0.15, 0.2) is 5.72 Å². The summed E-state index contributed by atoms with van der Waals surface area (Å²) in [5.74, 6) is -0.217. The van der Waals surface area contributed by atoms with Gasteiger partial charge in [-0.1, -0.05) is 36.8 Å². The lowest BCUT2D eigenvalue weighted by Gasteiger charge is -2.42. The molecule has 7 atom stereocenters. The predicted molar refractivity (Wildman–Crippen MR) is 149 cm³/mol. The summed E-state index contributed by atoms with van der Waals surface area (Å²) in [7, 11) is 6.17. The number of epoxide rings is 1. The summed E-state index contributed by atoms with van der Waals surface area (Å²) < 4.78 is 28.4. The average Bonchev–Trinajstić information content (AvgIpc) is 3.60. The number of ether oxygens (including phenoxy) is 5. The third-order valence-corrected chi connectivity index (χ3v) is 8.25. The standard InChI is InChI=1S/C29H37ClN2O8/c1-16-9-8-10-22(37-6)29(35)15-21(39-27(34)31-29)17(2)26-28(3,40-26)12-11-23(33)32(4)19-13-18(25(16)38-7)14-20(36-5)24(19)30/h8-14,17,21-22,25-26,35H,15H2,1-7H3,(H,31,34)/b10-8+,12-11+,16-9+. The van der Waals surface area contributed by atoms with Crippen LogP contribution < -0.4 is 15.0 Å². The lowest BCUT2D eigenvalue weighted by atomic mass is 9.85. The van der Waals surface area contributed by atoms with Crippen molar-refractivity contribution in [2.24, 2.45) is 5.92 Å². The third-order valence-electron chi connectivity index (χ3n) is 7.87. The quantitative estimate of drug-likeness (QED) is 0.517. The van der Waals surface area contributed by atoms with Gasteiger partial charge in [0, 0.05) is 39.7 Å². The summed E-state index contributed by atoms with van der Waals surface area (Å²) in [5.41, 5.74) is -0.497. The molecule has 2 fully saturated rings. The molecule has 0 aromatic heterocycles. The number of fused-ring (bicyclic) bond motifs is 5. The van der Waals surface area contributed by atoms with Crippen molar-refractivity contribution in [1.82, 2.24) is 5.32 Å².